The minimum atomic E-state index is -0.257. The highest BCUT2D eigenvalue weighted by Gasteiger charge is 2.21. The van der Waals surface area contributed by atoms with Crippen molar-refractivity contribution in [1.29, 1.82) is 0 Å². The van der Waals surface area contributed by atoms with Gasteiger partial charge in [-0.1, -0.05) is 12.1 Å². The van der Waals surface area contributed by atoms with Crippen molar-refractivity contribution in [2.45, 2.75) is 6.54 Å². The number of ether oxygens (including phenoxy) is 2. The molecule has 0 saturated heterocycles. The number of nitrogens with zero attached hydrogens (tertiary/aromatic N) is 4. The molecule has 0 aliphatic carbocycles. The molecule has 2 aromatic carbocycles. The number of hydrogen-bond donors (Lipinski definition) is 0. The van der Waals surface area contributed by atoms with Gasteiger partial charge in [0.15, 0.2) is 11.5 Å². The maximum absolute atomic E-state index is 14.0. The van der Waals surface area contributed by atoms with Crippen LogP contribution >= 0.6 is 0 Å². The van der Waals surface area contributed by atoms with E-state index in [4.69, 9.17) is 9.47 Å². The molecule has 0 unspecified atom stereocenters. The van der Waals surface area contributed by atoms with Gasteiger partial charge in [0, 0.05) is 63.6 Å². The highest BCUT2D eigenvalue weighted by Crippen LogP contribution is 2.32. The van der Waals surface area contributed by atoms with Gasteiger partial charge in [-0.15, -0.1) is 0 Å². The van der Waals surface area contributed by atoms with Crippen LogP contribution in [0.4, 0.5) is 4.39 Å². The number of rotatable bonds is 2. The van der Waals surface area contributed by atoms with Crippen molar-refractivity contribution in [2.24, 2.45) is 7.05 Å². The first-order valence-corrected chi connectivity index (χ1v) is 11.6. The van der Waals surface area contributed by atoms with Gasteiger partial charge in [0.1, 0.15) is 18.0 Å². The Balaban J connectivity index is 1.45. The standard InChI is InChI=1S/C27H27FN4O3/c1-30-12-13-32(18-19-17-31(2)23-10-9-20(28)16-22(19)23)14-15-34-24-7-3-4-8-25(24)35-26-21(27(30)33)6-5-11-29-26/h3-11,16-17H,12-15,18H2,1-2H3. The average molecular weight is 475 g/mol. The molecule has 0 N–H and O–H groups in total. The molecular weight excluding hydrogens is 447 g/mol. The molecule has 0 saturated carbocycles. The van der Waals surface area contributed by atoms with Crippen LogP contribution in [0.25, 0.3) is 10.9 Å². The summed E-state index contributed by atoms with van der Waals surface area (Å²) in [7, 11) is 3.73. The van der Waals surface area contributed by atoms with Gasteiger partial charge >= 0.3 is 0 Å². The quantitative estimate of drug-likeness (QED) is 0.429. The molecule has 5 rings (SSSR count). The highest BCUT2D eigenvalue weighted by atomic mass is 19.1. The van der Waals surface area contributed by atoms with Crippen molar-refractivity contribution in [3.8, 4) is 17.4 Å². The van der Waals surface area contributed by atoms with Crippen LogP contribution in [0.2, 0.25) is 0 Å². The summed E-state index contributed by atoms with van der Waals surface area (Å²) in [5.74, 6) is 0.897. The third kappa shape index (κ3) is 4.83. The number of halogens is 1. The third-order valence-electron chi connectivity index (χ3n) is 6.25. The van der Waals surface area contributed by atoms with Crippen molar-refractivity contribution in [3.63, 3.8) is 0 Å². The number of fused-ring (bicyclic) bond motifs is 3. The van der Waals surface area contributed by atoms with Gasteiger partial charge < -0.3 is 18.9 Å². The first-order chi connectivity index (χ1) is 17.0. The average Bonchev–Trinajstić information content (AvgIpc) is 3.16. The second-order valence-electron chi connectivity index (χ2n) is 8.68. The summed E-state index contributed by atoms with van der Waals surface area (Å²) in [6, 6.07) is 15.6. The fourth-order valence-corrected chi connectivity index (χ4v) is 4.36. The molecule has 0 radical (unpaired) electrons. The van der Waals surface area contributed by atoms with Crippen LogP contribution in [-0.4, -0.2) is 58.5 Å². The van der Waals surface area contributed by atoms with Gasteiger partial charge in [-0.05, 0) is 48.0 Å². The number of carbonyl (C=O) groups excluding carboxylic acids is 1. The number of aryl methyl sites for hydroxylation is 1. The second-order valence-corrected chi connectivity index (χ2v) is 8.68. The fraction of sp³-hybridized carbons (Fsp3) is 0.259. The van der Waals surface area contributed by atoms with Gasteiger partial charge in [-0.3, -0.25) is 9.69 Å². The zero-order valence-corrected chi connectivity index (χ0v) is 19.8. The predicted molar refractivity (Wildman–Crippen MR) is 131 cm³/mol. The lowest BCUT2D eigenvalue weighted by atomic mass is 10.1. The van der Waals surface area contributed by atoms with Crippen molar-refractivity contribution in [1.82, 2.24) is 19.4 Å². The first-order valence-electron chi connectivity index (χ1n) is 11.6. The number of para-hydroxylation sites is 2. The third-order valence-corrected chi connectivity index (χ3v) is 6.25. The lowest BCUT2D eigenvalue weighted by Crippen LogP contribution is -2.37. The maximum Gasteiger partial charge on any atom is 0.259 e. The van der Waals surface area contributed by atoms with E-state index in [0.717, 1.165) is 16.5 Å². The van der Waals surface area contributed by atoms with Crippen LogP contribution in [0, 0.1) is 5.82 Å². The monoisotopic (exact) mass is 474 g/mol. The Morgan fingerprint density at radius 2 is 1.83 bits per heavy atom. The van der Waals surface area contributed by atoms with Crippen molar-refractivity contribution in [3.05, 3.63) is 83.9 Å². The molecule has 1 aliphatic rings. The lowest BCUT2D eigenvalue weighted by Gasteiger charge is -2.25. The maximum atomic E-state index is 14.0. The van der Waals surface area contributed by atoms with E-state index < -0.39 is 0 Å². The molecule has 8 heteroatoms. The second kappa shape index (κ2) is 9.76. The molecular formula is C27H27FN4O3. The number of likely N-dealkylation sites (N-methyl/N-ethyl adjacent to an activating group) is 1. The minimum Gasteiger partial charge on any atom is -0.488 e. The molecule has 1 amide bonds. The number of amides is 1. The van der Waals surface area contributed by atoms with Gasteiger partial charge in [0.25, 0.3) is 5.91 Å². The van der Waals surface area contributed by atoms with E-state index in [1.54, 1.807) is 48.5 Å². The van der Waals surface area contributed by atoms with Gasteiger partial charge in [0.2, 0.25) is 5.88 Å². The van der Waals surface area contributed by atoms with Crippen LogP contribution in [0.3, 0.4) is 0 Å². The minimum absolute atomic E-state index is 0.169. The van der Waals surface area contributed by atoms with Crippen LogP contribution in [0.5, 0.6) is 17.4 Å². The van der Waals surface area contributed by atoms with Gasteiger partial charge in [-0.25, -0.2) is 9.37 Å². The molecule has 180 valence electrons. The first kappa shape index (κ1) is 22.9. The molecule has 0 fully saturated rings. The Bertz CT molecular complexity index is 1370. The van der Waals surface area contributed by atoms with Crippen molar-refractivity contribution >= 4 is 16.8 Å². The van der Waals surface area contributed by atoms with Crippen LogP contribution < -0.4 is 9.47 Å². The summed E-state index contributed by atoms with van der Waals surface area (Å²) in [6.07, 6.45) is 3.63. The fourth-order valence-electron chi connectivity index (χ4n) is 4.36. The summed E-state index contributed by atoms with van der Waals surface area (Å²) >= 11 is 0. The summed E-state index contributed by atoms with van der Waals surface area (Å²) in [6.45, 7) is 2.76. The molecule has 1 aliphatic heterocycles. The Labute approximate surface area is 203 Å². The SMILES string of the molecule is CN1CCN(Cc2cn(C)c3ccc(F)cc23)CCOc2ccccc2Oc2ncccc2C1=O. The van der Waals surface area contributed by atoms with Crippen LogP contribution in [0.15, 0.2) is 67.0 Å². The molecule has 0 bridgehead atoms. The number of carbonyl (C=O) groups is 1. The van der Waals surface area contributed by atoms with Crippen molar-refractivity contribution < 1.29 is 18.7 Å². The number of aromatic nitrogens is 2. The number of hydrogen-bond acceptors (Lipinski definition) is 5. The van der Waals surface area contributed by atoms with E-state index in [0.29, 0.717) is 49.8 Å². The zero-order chi connectivity index (χ0) is 24.4. The molecule has 2 aromatic heterocycles. The van der Waals surface area contributed by atoms with E-state index in [2.05, 4.69) is 9.88 Å². The molecule has 0 spiro atoms. The van der Waals surface area contributed by atoms with E-state index in [1.807, 2.05) is 36.0 Å². The Morgan fingerprint density at radius 1 is 1.00 bits per heavy atom. The Kier molecular flexibility index (Phi) is 6.37. The Morgan fingerprint density at radius 3 is 2.69 bits per heavy atom. The van der Waals surface area contributed by atoms with E-state index in [1.165, 1.54) is 6.07 Å². The number of pyridine rings is 1. The summed E-state index contributed by atoms with van der Waals surface area (Å²) in [5.41, 5.74) is 2.39. The van der Waals surface area contributed by atoms with E-state index >= 15 is 0 Å². The summed E-state index contributed by atoms with van der Waals surface area (Å²) < 4.78 is 28.1. The van der Waals surface area contributed by atoms with Gasteiger partial charge in [0.05, 0.1) is 0 Å². The van der Waals surface area contributed by atoms with E-state index in [-0.39, 0.29) is 17.6 Å². The Hall–Kier alpha value is -3.91. The topological polar surface area (TPSA) is 59.8 Å². The van der Waals surface area contributed by atoms with Gasteiger partial charge in [-0.2, -0.15) is 0 Å². The lowest BCUT2D eigenvalue weighted by molar-refractivity contribution is 0.0770. The predicted octanol–water partition coefficient (Wildman–Crippen LogP) is 4.47. The van der Waals surface area contributed by atoms with Crippen molar-refractivity contribution in [2.75, 3.05) is 33.3 Å². The highest BCUT2D eigenvalue weighted by molar-refractivity contribution is 5.96. The zero-order valence-electron chi connectivity index (χ0n) is 19.8. The van der Waals surface area contributed by atoms with E-state index in [9.17, 15) is 9.18 Å². The molecule has 3 heterocycles. The van der Waals surface area contributed by atoms with Crippen LogP contribution in [-0.2, 0) is 13.6 Å². The smallest absolute Gasteiger partial charge is 0.259 e. The normalized spacial score (nSPS) is 15.3. The molecule has 0 atom stereocenters. The molecule has 7 nitrogen and oxygen atoms in total. The van der Waals surface area contributed by atoms with Crippen LogP contribution in [0.1, 0.15) is 15.9 Å². The molecule has 4 aromatic rings. The summed E-state index contributed by atoms with van der Waals surface area (Å²) in [5, 5.41) is 0.888. The largest absolute Gasteiger partial charge is 0.488 e. The number of benzene rings is 2. The molecule has 35 heavy (non-hydrogen) atoms. The summed E-state index contributed by atoms with van der Waals surface area (Å²) in [4.78, 5) is 21.4.